The Bertz CT molecular complexity index is 955. The summed E-state index contributed by atoms with van der Waals surface area (Å²) in [5.41, 5.74) is 3.51. The number of anilines is 1. The van der Waals surface area contributed by atoms with E-state index in [2.05, 4.69) is 32.5 Å². The molecule has 3 saturated heterocycles. The number of rotatable bonds is 3. The van der Waals surface area contributed by atoms with Crippen LogP contribution in [0.15, 0.2) is 48.5 Å². The van der Waals surface area contributed by atoms with E-state index in [9.17, 15) is 4.79 Å². The minimum Gasteiger partial charge on any atom is -0.320 e. The molecule has 1 unspecified atom stereocenters. The first-order chi connectivity index (χ1) is 12.8. The fourth-order valence-electron chi connectivity index (χ4n) is 4.57. The zero-order chi connectivity index (χ0) is 17.5. The highest BCUT2D eigenvalue weighted by Crippen LogP contribution is 2.41. The van der Waals surface area contributed by atoms with Crippen molar-refractivity contribution in [3.05, 3.63) is 59.8 Å². The quantitative estimate of drug-likeness (QED) is 0.761. The van der Waals surface area contributed by atoms with Crippen LogP contribution in [0.5, 0.6) is 0 Å². The number of carbonyl (C=O) groups is 1. The molecule has 3 aliphatic rings. The summed E-state index contributed by atoms with van der Waals surface area (Å²) in [6.07, 6.45) is 2.52. The van der Waals surface area contributed by atoms with E-state index in [4.69, 9.17) is 0 Å². The van der Waals surface area contributed by atoms with Gasteiger partial charge in [-0.2, -0.15) is 5.10 Å². The van der Waals surface area contributed by atoms with Gasteiger partial charge in [0.25, 0.3) is 5.91 Å². The molecule has 1 amide bonds. The summed E-state index contributed by atoms with van der Waals surface area (Å²) in [5, 5.41) is 11.1. The van der Waals surface area contributed by atoms with Crippen molar-refractivity contribution in [3.8, 4) is 0 Å². The number of para-hydroxylation sites is 2. The number of carbonyl (C=O) groups excluding carboxylic acids is 1. The van der Waals surface area contributed by atoms with Crippen LogP contribution < -0.4 is 5.32 Å². The number of nitrogens with zero attached hydrogens (tertiary/aromatic N) is 2. The second kappa shape index (κ2) is 6.25. The maximum absolute atomic E-state index is 12.9. The second-order valence-corrected chi connectivity index (χ2v) is 7.40. The van der Waals surface area contributed by atoms with Crippen LogP contribution in [0.4, 0.5) is 5.69 Å². The summed E-state index contributed by atoms with van der Waals surface area (Å²) < 4.78 is 0. The van der Waals surface area contributed by atoms with Gasteiger partial charge in [0.2, 0.25) is 0 Å². The third-order valence-corrected chi connectivity index (χ3v) is 5.95. The van der Waals surface area contributed by atoms with E-state index in [-0.39, 0.29) is 5.91 Å². The first-order valence-corrected chi connectivity index (χ1v) is 9.35. The van der Waals surface area contributed by atoms with E-state index >= 15 is 0 Å². The molecule has 1 aromatic heterocycles. The summed E-state index contributed by atoms with van der Waals surface area (Å²) in [4.78, 5) is 15.4. The van der Waals surface area contributed by atoms with Crippen LogP contribution in [0, 0.1) is 5.92 Å². The molecule has 132 valence electrons. The van der Waals surface area contributed by atoms with Crippen molar-refractivity contribution < 1.29 is 4.79 Å². The summed E-state index contributed by atoms with van der Waals surface area (Å²) >= 11 is 0. The first-order valence-electron chi connectivity index (χ1n) is 9.35. The standard InChI is InChI=1S/C21H22N4O/c26-21(20-16-6-2-4-8-19(16)23-24-20)22-18-7-3-1-5-15(18)17-13-25-11-9-14(17)10-12-25/h1-8,14,17H,9-13H2,(H,22,26)(H,23,24). The molecule has 26 heavy (non-hydrogen) atoms. The average Bonchev–Trinajstić information content (AvgIpc) is 3.13. The van der Waals surface area contributed by atoms with Gasteiger partial charge in [0.1, 0.15) is 0 Å². The summed E-state index contributed by atoms with van der Waals surface area (Å²) in [7, 11) is 0. The molecular formula is C21H22N4O. The van der Waals surface area contributed by atoms with Crippen molar-refractivity contribution in [2.24, 2.45) is 5.92 Å². The largest absolute Gasteiger partial charge is 0.320 e. The van der Waals surface area contributed by atoms with Crippen molar-refractivity contribution in [1.82, 2.24) is 15.1 Å². The van der Waals surface area contributed by atoms with Crippen LogP contribution in [0.2, 0.25) is 0 Å². The summed E-state index contributed by atoms with van der Waals surface area (Å²) in [6, 6.07) is 16.0. The number of amides is 1. The molecule has 3 aliphatic heterocycles. The van der Waals surface area contributed by atoms with Crippen molar-refractivity contribution in [2.45, 2.75) is 18.8 Å². The molecule has 2 aromatic carbocycles. The highest BCUT2D eigenvalue weighted by molar-refractivity contribution is 6.11. The maximum atomic E-state index is 12.9. The molecule has 2 N–H and O–H groups in total. The Morgan fingerprint density at radius 1 is 1.08 bits per heavy atom. The van der Waals surface area contributed by atoms with E-state index in [1.807, 2.05) is 36.4 Å². The normalized spacial score (nSPS) is 24.7. The first kappa shape index (κ1) is 15.6. The lowest BCUT2D eigenvalue weighted by Gasteiger charge is -2.45. The Labute approximate surface area is 152 Å². The van der Waals surface area contributed by atoms with Crippen LogP contribution in [0.1, 0.15) is 34.8 Å². The Morgan fingerprint density at radius 2 is 1.85 bits per heavy atom. The molecule has 0 spiro atoms. The SMILES string of the molecule is O=C(Nc1ccccc1C1CN2CCC1CC2)c1n[nH]c2ccccc12. The molecule has 3 aromatic rings. The van der Waals surface area contributed by atoms with Crippen LogP contribution in [0.3, 0.4) is 0 Å². The van der Waals surface area contributed by atoms with Gasteiger partial charge in [0.15, 0.2) is 5.69 Å². The topological polar surface area (TPSA) is 61.0 Å². The Balaban J connectivity index is 1.45. The zero-order valence-corrected chi connectivity index (χ0v) is 14.6. The van der Waals surface area contributed by atoms with Gasteiger partial charge in [-0.15, -0.1) is 0 Å². The van der Waals surface area contributed by atoms with Gasteiger partial charge in [-0.1, -0.05) is 36.4 Å². The number of hydrogen-bond acceptors (Lipinski definition) is 3. The van der Waals surface area contributed by atoms with Gasteiger partial charge >= 0.3 is 0 Å². The molecule has 6 rings (SSSR count). The Hall–Kier alpha value is -2.66. The van der Waals surface area contributed by atoms with Crippen molar-refractivity contribution >= 4 is 22.5 Å². The van der Waals surface area contributed by atoms with Gasteiger partial charge in [-0.05, 0) is 49.5 Å². The third kappa shape index (κ3) is 2.59. The van der Waals surface area contributed by atoms with Crippen LogP contribution in [0.25, 0.3) is 10.9 Å². The molecule has 5 nitrogen and oxygen atoms in total. The van der Waals surface area contributed by atoms with E-state index in [0.29, 0.717) is 11.6 Å². The minimum atomic E-state index is -0.156. The molecule has 0 aliphatic carbocycles. The van der Waals surface area contributed by atoms with Gasteiger partial charge in [0.05, 0.1) is 5.52 Å². The minimum absolute atomic E-state index is 0.156. The van der Waals surface area contributed by atoms with E-state index < -0.39 is 0 Å². The van der Waals surface area contributed by atoms with Crippen molar-refractivity contribution in [1.29, 1.82) is 0 Å². The maximum Gasteiger partial charge on any atom is 0.276 e. The molecule has 3 fully saturated rings. The van der Waals surface area contributed by atoms with Gasteiger partial charge < -0.3 is 10.2 Å². The Kier molecular flexibility index (Phi) is 3.75. The van der Waals surface area contributed by atoms with E-state index in [0.717, 1.165) is 29.1 Å². The highest BCUT2D eigenvalue weighted by atomic mass is 16.1. The molecule has 4 heterocycles. The van der Waals surface area contributed by atoms with Gasteiger partial charge in [-0.25, -0.2) is 0 Å². The molecule has 1 atom stereocenters. The van der Waals surface area contributed by atoms with Crippen LogP contribution in [-0.2, 0) is 0 Å². The summed E-state index contributed by atoms with van der Waals surface area (Å²) in [6.45, 7) is 3.53. The fraction of sp³-hybridized carbons (Fsp3) is 0.333. The number of piperidine rings is 3. The van der Waals surface area contributed by atoms with Gasteiger partial charge in [0, 0.05) is 23.5 Å². The fourth-order valence-corrected chi connectivity index (χ4v) is 4.57. The lowest BCUT2D eigenvalue weighted by molar-refractivity contribution is 0.0872. The second-order valence-electron chi connectivity index (χ2n) is 7.40. The molecule has 5 heteroatoms. The number of aromatic nitrogens is 2. The molecular weight excluding hydrogens is 324 g/mol. The predicted octanol–water partition coefficient (Wildman–Crippen LogP) is 3.62. The highest BCUT2D eigenvalue weighted by Gasteiger charge is 2.36. The third-order valence-electron chi connectivity index (χ3n) is 5.95. The molecule has 0 radical (unpaired) electrons. The van der Waals surface area contributed by atoms with Gasteiger partial charge in [-0.3, -0.25) is 9.89 Å². The lowest BCUT2D eigenvalue weighted by Crippen LogP contribution is -2.46. The van der Waals surface area contributed by atoms with Crippen LogP contribution >= 0.6 is 0 Å². The van der Waals surface area contributed by atoms with Crippen LogP contribution in [-0.4, -0.2) is 40.6 Å². The summed E-state index contributed by atoms with van der Waals surface area (Å²) in [5.74, 6) is 1.07. The predicted molar refractivity (Wildman–Crippen MR) is 102 cm³/mol. The number of H-pyrrole nitrogens is 1. The zero-order valence-electron chi connectivity index (χ0n) is 14.6. The lowest BCUT2D eigenvalue weighted by atomic mass is 9.75. The number of fused-ring (bicyclic) bond motifs is 4. The smallest absolute Gasteiger partial charge is 0.276 e. The number of aromatic amines is 1. The number of hydrogen-bond donors (Lipinski definition) is 2. The average molecular weight is 346 g/mol. The molecule has 2 bridgehead atoms. The van der Waals surface area contributed by atoms with E-state index in [1.165, 1.54) is 31.5 Å². The van der Waals surface area contributed by atoms with Crippen molar-refractivity contribution in [3.63, 3.8) is 0 Å². The van der Waals surface area contributed by atoms with Crippen molar-refractivity contribution in [2.75, 3.05) is 25.0 Å². The monoisotopic (exact) mass is 346 g/mol. The molecule has 0 saturated carbocycles. The number of nitrogens with one attached hydrogen (secondary N) is 2. The number of benzene rings is 2. The van der Waals surface area contributed by atoms with E-state index in [1.54, 1.807) is 0 Å². The Morgan fingerprint density at radius 3 is 2.65 bits per heavy atom.